The summed E-state index contributed by atoms with van der Waals surface area (Å²) in [5.74, 6) is 0.624. The molecule has 0 bridgehead atoms. The average Bonchev–Trinajstić information content (AvgIpc) is 2.15. The zero-order valence-electron chi connectivity index (χ0n) is 8.17. The summed E-state index contributed by atoms with van der Waals surface area (Å²) in [6.07, 6.45) is 1.38. The molecule has 0 atom stereocenters. The molecular weight excluding hydrogens is 160 g/mol. The molecule has 0 saturated carbocycles. The van der Waals surface area contributed by atoms with Gasteiger partial charge in [0, 0.05) is 24.0 Å². The molecule has 0 aromatic heterocycles. The molecule has 70 valence electrons. The van der Waals surface area contributed by atoms with E-state index in [4.69, 9.17) is 5.41 Å². The summed E-state index contributed by atoms with van der Waals surface area (Å²) < 4.78 is 0. The molecule has 2 nitrogen and oxygen atoms in total. The first-order valence-corrected chi connectivity index (χ1v) is 4.57. The third kappa shape index (κ3) is 2.90. The predicted octanol–water partition coefficient (Wildman–Crippen LogP) is 2.75. The smallest absolute Gasteiger partial charge is 0.0429 e. The van der Waals surface area contributed by atoms with Gasteiger partial charge >= 0.3 is 0 Å². The van der Waals surface area contributed by atoms with Crippen LogP contribution < -0.4 is 5.32 Å². The summed E-state index contributed by atoms with van der Waals surface area (Å²) >= 11 is 0. The Morgan fingerprint density at radius 1 is 1.38 bits per heavy atom. The van der Waals surface area contributed by atoms with E-state index >= 15 is 0 Å². The van der Waals surface area contributed by atoms with Crippen LogP contribution in [0, 0.1) is 11.3 Å². The molecule has 0 fully saturated rings. The number of hydrogen-bond acceptors (Lipinski definition) is 2. The summed E-state index contributed by atoms with van der Waals surface area (Å²) in [6.45, 7) is 5.28. The maximum atomic E-state index is 7.21. The van der Waals surface area contributed by atoms with Gasteiger partial charge in [-0.25, -0.2) is 0 Å². The van der Waals surface area contributed by atoms with E-state index in [1.807, 2.05) is 24.3 Å². The monoisotopic (exact) mass is 176 g/mol. The quantitative estimate of drug-likeness (QED) is 0.680. The second kappa shape index (κ2) is 4.65. The molecule has 0 aliphatic carbocycles. The standard InChI is InChI=1S/C11H16N2/c1-9(2)8-13-11-6-4-3-5-10(11)7-12/h3-7,9,12-13H,8H2,1-2H3. The van der Waals surface area contributed by atoms with Crippen LogP contribution in [0.1, 0.15) is 19.4 Å². The van der Waals surface area contributed by atoms with Gasteiger partial charge in [-0.1, -0.05) is 32.0 Å². The minimum Gasteiger partial charge on any atom is -0.384 e. The lowest BCUT2D eigenvalue weighted by Crippen LogP contribution is -2.09. The third-order valence-corrected chi connectivity index (χ3v) is 1.82. The topological polar surface area (TPSA) is 35.9 Å². The van der Waals surface area contributed by atoms with Gasteiger partial charge in [-0.2, -0.15) is 0 Å². The molecule has 1 aromatic carbocycles. The van der Waals surface area contributed by atoms with Gasteiger partial charge in [0.05, 0.1) is 0 Å². The van der Waals surface area contributed by atoms with Crippen LogP contribution in [0.5, 0.6) is 0 Å². The van der Waals surface area contributed by atoms with E-state index in [1.54, 1.807) is 0 Å². The van der Waals surface area contributed by atoms with E-state index in [-0.39, 0.29) is 0 Å². The number of anilines is 1. The minimum atomic E-state index is 0.624. The van der Waals surface area contributed by atoms with E-state index in [0.717, 1.165) is 17.8 Å². The number of hydrogen-bond donors (Lipinski definition) is 2. The molecule has 0 saturated heterocycles. The first kappa shape index (κ1) is 9.78. The van der Waals surface area contributed by atoms with E-state index in [2.05, 4.69) is 19.2 Å². The highest BCUT2D eigenvalue weighted by atomic mass is 14.9. The molecule has 0 spiro atoms. The van der Waals surface area contributed by atoms with E-state index in [0.29, 0.717) is 5.92 Å². The van der Waals surface area contributed by atoms with Crippen LogP contribution in [0.4, 0.5) is 5.69 Å². The highest BCUT2D eigenvalue weighted by molar-refractivity contribution is 5.85. The number of rotatable bonds is 4. The number of benzene rings is 1. The van der Waals surface area contributed by atoms with Crippen LogP contribution in [0.2, 0.25) is 0 Å². The lowest BCUT2D eigenvalue weighted by Gasteiger charge is -2.10. The van der Waals surface area contributed by atoms with Gasteiger partial charge in [0.25, 0.3) is 0 Å². The average molecular weight is 176 g/mol. The van der Waals surface area contributed by atoms with Gasteiger partial charge < -0.3 is 10.7 Å². The molecule has 1 aromatic rings. The first-order valence-electron chi connectivity index (χ1n) is 4.57. The molecule has 2 N–H and O–H groups in total. The van der Waals surface area contributed by atoms with Crippen molar-refractivity contribution in [1.82, 2.24) is 0 Å². The lowest BCUT2D eigenvalue weighted by atomic mass is 10.1. The van der Waals surface area contributed by atoms with Gasteiger partial charge in [0.2, 0.25) is 0 Å². The molecule has 13 heavy (non-hydrogen) atoms. The maximum Gasteiger partial charge on any atom is 0.0429 e. The maximum absolute atomic E-state index is 7.21. The Morgan fingerprint density at radius 3 is 2.69 bits per heavy atom. The SMILES string of the molecule is CC(C)CNc1ccccc1C=N. The molecule has 0 unspecified atom stereocenters. The van der Waals surface area contributed by atoms with Gasteiger partial charge in [0.15, 0.2) is 0 Å². The van der Waals surface area contributed by atoms with E-state index in [9.17, 15) is 0 Å². The molecule has 1 rings (SSSR count). The van der Waals surface area contributed by atoms with Crippen molar-refractivity contribution in [1.29, 1.82) is 5.41 Å². The summed E-state index contributed by atoms with van der Waals surface area (Å²) in [5, 5.41) is 10.5. The van der Waals surface area contributed by atoms with Crippen molar-refractivity contribution >= 4 is 11.9 Å². The summed E-state index contributed by atoms with van der Waals surface area (Å²) in [4.78, 5) is 0. The Hall–Kier alpha value is -1.31. The predicted molar refractivity (Wildman–Crippen MR) is 57.7 cm³/mol. The molecule has 0 aliphatic heterocycles. The van der Waals surface area contributed by atoms with Gasteiger partial charge in [-0.15, -0.1) is 0 Å². The molecule has 0 heterocycles. The van der Waals surface area contributed by atoms with Gasteiger partial charge in [-0.3, -0.25) is 0 Å². The number of nitrogens with one attached hydrogen (secondary N) is 2. The normalized spacial score (nSPS) is 10.1. The van der Waals surface area contributed by atoms with Crippen molar-refractivity contribution in [3.8, 4) is 0 Å². The highest BCUT2D eigenvalue weighted by Gasteiger charge is 1.98. The Balaban J connectivity index is 2.69. The van der Waals surface area contributed by atoms with Crippen LogP contribution in [-0.2, 0) is 0 Å². The second-order valence-corrected chi connectivity index (χ2v) is 3.51. The van der Waals surface area contributed by atoms with E-state index in [1.165, 1.54) is 6.21 Å². The molecule has 2 heteroatoms. The lowest BCUT2D eigenvalue weighted by molar-refractivity contribution is 0.689. The molecule has 0 amide bonds. The van der Waals surface area contributed by atoms with Crippen molar-refractivity contribution < 1.29 is 0 Å². The summed E-state index contributed by atoms with van der Waals surface area (Å²) in [6, 6.07) is 7.87. The van der Waals surface area contributed by atoms with Crippen molar-refractivity contribution in [2.45, 2.75) is 13.8 Å². The zero-order chi connectivity index (χ0) is 9.68. The largest absolute Gasteiger partial charge is 0.384 e. The van der Waals surface area contributed by atoms with Crippen molar-refractivity contribution in [3.05, 3.63) is 29.8 Å². The van der Waals surface area contributed by atoms with E-state index < -0.39 is 0 Å². The summed E-state index contributed by atoms with van der Waals surface area (Å²) in [5.41, 5.74) is 1.99. The fraction of sp³-hybridized carbons (Fsp3) is 0.364. The Kier molecular flexibility index (Phi) is 3.50. The summed E-state index contributed by atoms with van der Waals surface area (Å²) in [7, 11) is 0. The van der Waals surface area contributed by atoms with Crippen LogP contribution in [0.15, 0.2) is 24.3 Å². The highest BCUT2D eigenvalue weighted by Crippen LogP contribution is 2.12. The fourth-order valence-corrected chi connectivity index (χ4v) is 1.10. The zero-order valence-corrected chi connectivity index (χ0v) is 8.17. The van der Waals surface area contributed by atoms with Crippen LogP contribution in [-0.4, -0.2) is 12.8 Å². The second-order valence-electron chi connectivity index (χ2n) is 3.51. The van der Waals surface area contributed by atoms with Gasteiger partial charge in [-0.05, 0) is 12.0 Å². The van der Waals surface area contributed by atoms with Crippen molar-refractivity contribution in [3.63, 3.8) is 0 Å². The third-order valence-electron chi connectivity index (χ3n) is 1.82. The minimum absolute atomic E-state index is 0.624. The molecular formula is C11H16N2. The first-order chi connectivity index (χ1) is 6.24. The van der Waals surface area contributed by atoms with Crippen LogP contribution >= 0.6 is 0 Å². The Labute approximate surface area is 79.5 Å². The molecule has 0 radical (unpaired) electrons. The van der Waals surface area contributed by atoms with Crippen LogP contribution in [0.3, 0.4) is 0 Å². The van der Waals surface area contributed by atoms with Crippen molar-refractivity contribution in [2.24, 2.45) is 5.92 Å². The van der Waals surface area contributed by atoms with Crippen LogP contribution in [0.25, 0.3) is 0 Å². The number of para-hydroxylation sites is 1. The fourth-order valence-electron chi connectivity index (χ4n) is 1.10. The molecule has 0 aliphatic rings. The Bertz CT molecular complexity index is 279. The Morgan fingerprint density at radius 2 is 2.08 bits per heavy atom. The van der Waals surface area contributed by atoms with Gasteiger partial charge in [0.1, 0.15) is 0 Å². The van der Waals surface area contributed by atoms with Crippen molar-refractivity contribution in [2.75, 3.05) is 11.9 Å².